The average molecular weight is 461 g/mol. The summed E-state index contributed by atoms with van der Waals surface area (Å²) in [7, 11) is 1.55. The van der Waals surface area contributed by atoms with Crippen molar-refractivity contribution in [3.05, 3.63) is 68.6 Å². The van der Waals surface area contributed by atoms with Crippen molar-refractivity contribution in [3.63, 3.8) is 0 Å². The van der Waals surface area contributed by atoms with E-state index in [1.54, 1.807) is 43.4 Å². The van der Waals surface area contributed by atoms with Crippen LogP contribution in [0.3, 0.4) is 0 Å². The molecule has 0 fully saturated rings. The minimum atomic E-state index is -0.371. The topological polar surface area (TPSA) is 84.3 Å². The predicted molar refractivity (Wildman–Crippen MR) is 123 cm³/mol. The highest BCUT2D eigenvalue weighted by molar-refractivity contribution is 6.36. The molecule has 1 aromatic heterocycles. The Kier molecular flexibility index (Phi) is 7.30. The largest absolute Gasteiger partial charge is 0.333 e. The summed E-state index contributed by atoms with van der Waals surface area (Å²) in [6.45, 7) is 2.20. The van der Waals surface area contributed by atoms with Crippen LogP contribution in [0, 0.1) is 0 Å². The van der Waals surface area contributed by atoms with Crippen molar-refractivity contribution < 1.29 is 9.59 Å². The van der Waals surface area contributed by atoms with Crippen molar-refractivity contribution in [2.75, 3.05) is 18.4 Å². The number of halogens is 2. The summed E-state index contributed by atoms with van der Waals surface area (Å²) in [5.74, 6) is -0.625. The molecule has 0 spiro atoms. The first-order chi connectivity index (χ1) is 14.8. The van der Waals surface area contributed by atoms with Gasteiger partial charge in [0.25, 0.3) is 5.56 Å². The van der Waals surface area contributed by atoms with E-state index in [9.17, 15) is 14.4 Å². The Hall–Kier alpha value is -2.90. The Morgan fingerprint density at radius 2 is 1.84 bits per heavy atom. The summed E-state index contributed by atoms with van der Waals surface area (Å²) < 4.78 is 1.23. The second kappa shape index (κ2) is 9.94. The highest BCUT2D eigenvalue weighted by atomic mass is 35.5. The van der Waals surface area contributed by atoms with Crippen LogP contribution in [0.25, 0.3) is 10.8 Å². The van der Waals surface area contributed by atoms with Gasteiger partial charge < -0.3 is 10.2 Å². The molecule has 162 valence electrons. The number of anilines is 1. The van der Waals surface area contributed by atoms with Gasteiger partial charge in [0.05, 0.1) is 34.8 Å². The monoisotopic (exact) mass is 460 g/mol. The number of hydrogen-bond donors (Lipinski definition) is 1. The summed E-state index contributed by atoms with van der Waals surface area (Å²) in [5, 5.41) is 8.89. The van der Waals surface area contributed by atoms with E-state index in [0.29, 0.717) is 45.2 Å². The van der Waals surface area contributed by atoms with E-state index in [0.717, 1.165) is 0 Å². The van der Waals surface area contributed by atoms with Crippen LogP contribution < -0.4 is 10.9 Å². The van der Waals surface area contributed by atoms with Crippen molar-refractivity contribution >= 4 is 51.5 Å². The lowest BCUT2D eigenvalue weighted by Gasteiger charge is -2.22. The summed E-state index contributed by atoms with van der Waals surface area (Å²) in [6.07, 6.45) is 0.659. The van der Waals surface area contributed by atoms with Gasteiger partial charge in [-0.1, -0.05) is 48.3 Å². The number of nitrogens with zero attached hydrogens (tertiary/aromatic N) is 3. The number of amides is 2. The van der Waals surface area contributed by atoms with E-state index in [1.165, 1.54) is 15.6 Å². The van der Waals surface area contributed by atoms with Gasteiger partial charge in [0.2, 0.25) is 11.8 Å². The third-order valence-electron chi connectivity index (χ3n) is 4.74. The molecule has 0 aliphatic heterocycles. The zero-order valence-electron chi connectivity index (χ0n) is 17.2. The van der Waals surface area contributed by atoms with Gasteiger partial charge in [-0.15, -0.1) is 0 Å². The summed E-state index contributed by atoms with van der Waals surface area (Å²) in [4.78, 5) is 39.3. The van der Waals surface area contributed by atoms with Crippen LogP contribution >= 0.6 is 23.2 Å². The van der Waals surface area contributed by atoms with Crippen LogP contribution in [-0.2, 0) is 23.1 Å². The maximum Gasteiger partial charge on any atom is 0.274 e. The van der Waals surface area contributed by atoms with Gasteiger partial charge in [0, 0.05) is 24.0 Å². The van der Waals surface area contributed by atoms with E-state index in [2.05, 4.69) is 10.4 Å². The van der Waals surface area contributed by atoms with E-state index >= 15 is 0 Å². The fraction of sp³-hybridized carbons (Fsp3) is 0.273. The zero-order chi connectivity index (χ0) is 22.5. The molecule has 2 aromatic carbocycles. The van der Waals surface area contributed by atoms with Gasteiger partial charge in [0.1, 0.15) is 0 Å². The molecule has 1 heterocycles. The number of benzene rings is 2. The number of carbonyl (C=O) groups is 2. The molecule has 0 saturated carbocycles. The quantitative estimate of drug-likeness (QED) is 0.582. The number of nitrogens with one attached hydrogen (secondary N) is 1. The van der Waals surface area contributed by atoms with Crippen molar-refractivity contribution in [3.8, 4) is 0 Å². The van der Waals surface area contributed by atoms with Crippen molar-refractivity contribution in [2.45, 2.75) is 19.8 Å². The first-order valence-corrected chi connectivity index (χ1v) is 10.5. The molecule has 31 heavy (non-hydrogen) atoms. The summed E-state index contributed by atoms with van der Waals surface area (Å²) in [5.41, 5.74) is 0.687. The molecule has 0 unspecified atom stereocenters. The second-order valence-corrected chi connectivity index (χ2v) is 7.93. The Labute approximate surface area is 189 Å². The summed E-state index contributed by atoms with van der Waals surface area (Å²) >= 11 is 12.0. The van der Waals surface area contributed by atoms with E-state index in [-0.39, 0.29) is 30.3 Å². The van der Waals surface area contributed by atoms with Gasteiger partial charge in [-0.05, 0) is 30.7 Å². The molecule has 0 radical (unpaired) electrons. The molecule has 0 aliphatic rings. The van der Waals surface area contributed by atoms with Crippen molar-refractivity contribution in [2.24, 2.45) is 7.05 Å². The predicted octanol–water partition coefficient (Wildman–Crippen LogP) is 3.66. The average Bonchev–Trinajstić information content (AvgIpc) is 2.73. The van der Waals surface area contributed by atoms with Gasteiger partial charge in [0.15, 0.2) is 0 Å². The Bertz CT molecular complexity index is 1190. The first-order valence-electron chi connectivity index (χ1n) is 9.77. The normalized spacial score (nSPS) is 10.8. The molecule has 9 heteroatoms. The van der Waals surface area contributed by atoms with Crippen molar-refractivity contribution in [1.29, 1.82) is 0 Å². The zero-order valence-corrected chi connectivity index (χ0v) is 18.7. The second-order valence-electron chi connectivity index (χ2n) is 7.09. The minimum Gasteiger partial charge on any atom is -0.333 e. The van der Waals surface area contributed by atoms with Gasteiger partial charge >= 0.3 is 0 Å². The van der Waals surface area contributed by atoms with Crippen molar-refractivity contribution in [1.82, 2.24) is 14.7 Å². The van der Waals surface area contributed by atoms with Gasteiger partial charge in [-0.3, -0.25) is 14.4 Å². The maximum absolute atomic E-state index is 13.0. The lowest BCUT2D eigenvalue weighted by Crippen LogP contribution is -2.39. The lowest BCUT2D eigenvalue weighted by atomic mass is 10.1. The fourth-order valence-electron chi connectivity index (χ4n) is 3.28. The molecule has 7 nitrogen and oxygen atoms in total. The van der Waals surface area contributed by atoms with Crippen LogP contribution in [-0.4, -0.2) is 39.6 Å². The van der Waals surface area contributed by atoms with Crippen LogP contribution in [0.4, 0.5) is 5.69 Å². The number of rotatable bonds is 7. The Morgan fingerprint density at radius 1 is 1.13 bits per heavy atom. The molecule has 1 N–H and O–H groups in total. The van der Waals surface area contributed by atoms with Crippen LogP contribution in [0.5, 0.6) is 0 Å². The SMILES string of the molecule is CCCN(CC(=O)Nc1ccc(Cl)cc1Cl)C(=O)Cc1nn(C)c(=O)c2ccccc12. The maximum atomic E-state index is 13.0. The number of fused-ring (bicyclic) bond motifs is 1. The molecule has 3 aromatic rings. The molecular formula is C22H22Cl2N4O3. The molecule has 0 aliphatic carbocycles. The Balaban J connectivity index is 1.78. The van der Waals surface area contributed by atoms with Gasteiger partial charge in [-0.25, -0.2) is 4.68 Å². The molecule has 2 amide bonds. The van der Waals surface area contributed by atoms with E-state index in [4.69, 9.17) is 23.2 Å². The number of carbonyl (C=O) groups excluding carboxylic acids is 2. The highest BCUT2D eigenvalue weighted by Crippen LogP contribution is 2.25. The third-order valence-corrected chi connectivity index (χ3v) is 5.29. The number of aromatic nitrogens is 2. The van der Waals surface area contributed by atoms with E-state index < -0.39 is 0 Å². The van der Waals surface area contributed by atoms with Crippen LogP contribution in [0.15, 0.2) is 47.3 Å². The third kappa shape index (κ3) is 5.42. The van der Waals surface area contributed by atoms with Crippen LogP contribution in [0.1, 0.15) is 19.0 Å². The number of hydrogen-bond acceptors (Lipinski definition) is 4. The smallest absolute Gasteiger partial charge is 0.274 e. The summed E-state index contributed by atoms with van der Waals surface area (Å²) in [6, 6.07) is 11.8. The molecular weight excluding hydrogens is 439 g/mol. The van der Waals surface area contributed by atoms with Gasteiger partial charge in [-0.2, -0.15) is 5.10 Å². The minimum absolute atomic E-state index is 0.0242. The van der Waals surface area contributed by atoms with E-state index in [1.807, 2.05) is 6.92 Å². The molecule has 3 rings (SSSR count). The standard InChI is InChI=1S/C22H22Cl2N4O3/c1-3-10-28(13-20(29)25-18-9-8-14(23)11-17(18)24)21(30)12-19-15-6-4-5-7-16(15)22(31)27(2)26-19/h4-9,11H,3,10,12-13H2,1-2H3,(H,25,29). The van der Waals surface area contributed by atoms with Crippen LogP contribution in [0.2, 0.25) is 10.0 Å². The Morgan fingerprint density at radius 3 is 2.52 bits per heavy atom. The lowest BCUT2D eigenvalue weighted by molar-refractivity contribution is -0.134. The highest BCUT2D eigenvalue weighted by Gasteiger charge is 2.20. The number of aryl methyl sites for hydroxylation is 1. The molecule has 0 bridgehead atoms. The fourth-order valence-corrected chi connectivity index (χ4v) is 3.73. The first kappa shape index (κ1) is 22.8. The molecule has 0 saturated heterocycles. The molecule has 0 atom stereocenters.